The third kappa shape index (κ3) is 3.95. The van der Waals surface area contributed by atoms with Crippen molar-refractivity contribution in [3.63, 3.8) is 0 Å². The molecule has 5 nitrogen and oxygen atoms in total. The Morgan fingerprint density at radius 2 is 1.86 bits per heavy atom. The lowest BCUT2D eigenvalue weighted by Gasteiger charge is -2.03. The van der Waals surface area contributed by atoms with Gasteiger partial charge in [-0.25, -0.2) is 4.79 Å². The van der Waals surface area contributed by atoms with E-state index in [1.807, 2.05) is 24.3 Å². The maximum Gasteiger partial charge on any atom is 0.350 e. The first-order valence-corrected chi connectivity index (χ1v) is 7.31. The molecule has 0 unspecified atom stereocenters. The highest BCUT2D eigenvalue weighted by molar-refractivity contribution is 7.12. The molecule has 1 heterocycles. The Bertz CT molecular complexity index is 688. The van der Waals surface area contributed by atoms with Crippen molar-refractivity contribution in [3.05, 3.63) is 52.2 Å². The van der Waals surface area contributed by atoms with Crippen LogP contribution < -0.4 is 10.1 Å². The smallest absolute Gasteiger partial charge is 0.350 e. The fourth-order valence-corrected chi connectivity index (χ4v) is 2.49. The molecule has 0 saturated carbocycles. The van der Waals surface area contributed by atoms with E-state index in [9.17, 15) is 9.59 Å². The summed E-state index contributed by atoms with van der Waals surface area (Å²) in [6.45, 7) is 0. The third-order valence-electron chi connectivity index (χ3n) is 2.84. The first kappa shape index (κ1) is 15.8. The number of amides is 1. The van der Waals surface area contributed by atoms with Crippen LogP contribution in [0.1, 0.15) is 15.2 Å². The largest absolute Gasteiger partial charge is 0.497 e. The number of anilines is 1. The Morgan fingerprint density at radius 3 is 2.50 bits per heavy atom. The Labute approximate surface area is 132 Å². The monoisotopic (exact) mass is 317 g/mol. The topological polar surface area (TPSA) is 64.6 Å². The number of nitrogens with one attached hydrogen (secondary N) is 1. The summed E-state index contributed by atoms with van der Waals surface area (Å²) >= 11 is 1.22. The molecule has 1 N–H and O–H groups in total. The number of hydrogen-bond acceptors (Lipinski definition) is 5. The molecule has 0 saturated heterocycles. The van der Waals surface area contributed by atoms with Gasteiger partial charge in [0.05, 0.1) is 19.9 Å². The van der Waals surface area contributed by atoms with E-state index >= 15 is 0 Å². The summed E-state index contributed by atoms with van der Waals surface area (Å²) in [4.78, 5) is 23.8. The maximum atomic E-state index is 11.9. The van der Waals surface area contributed by atoms with Crippen LogP contribution >= 0.6 is 11.3 Å². The molecule has 0 aliphatic rings. The van der Waals surface area contributed by atoms with E-state index in [1.54, 1.807) is 24.6 Å². The average Bonchev–Trinajstić information content (AvgIpc) is 3.00. The standard InChI is InChI=1S/C16H15NO4S/c1-20-12-6-3-11(4-7-12)5-8-14(18)17-13-9-10-22-15(13)16(19)21-2/h3-10H,1-2H3,(H,17,18)/b8-5-. The van der Waals surface area contributed by atoms with Gasteiger partial charge in [-0.15, -0.1) is 11.3 Å². The summed E-state index contributed by atoms with van der Waals surface area (Å²) in [5, 5.41) is 4.38. The molecule has 1 amide bonds. The molecule has 2 rings (SSSR count). The van der Waals surface area contributed by atoms with Crippen LogP contribution in [0.2, 0.25) is 0 Å². The van der Waals surface area contributed by atoms with Gasteiger partial charge < -0.3 is 14.8 Å². The van der Waals surface area contributed by atoms with Crippen molar-refractivity contribution in [2.45, 2.75) is 0 Å². The predicted molar refractivity (Wildman–Crippen MR) is 86.3 cm³/mol. The molecule has 0 atom stereocenters. The fourth-order valence-electron chi connectivity index (χ4n) is 1.72. The minimum atomic E-state index is -0.468. The van der Waals surface area contributed by atoms with E-state index in [2.05, 4.69) is 10.1 Å². The average molecular weight is 317 g/mol. The highest BCUT2D eigenvalue weighted by Gasteiger charge is 2.14. The molecular weight excluding hydrogens is 302 g/mol. The Kier molecular flexibility index (Phi) is 5.32. The zero-order chi connectivity index (χ0) is 15.9. The van der Waals surface area contributed by atoms with Gasteiger partial charge in [0.2, 0.25) is 5.91 Å². The molecule has 22 heavy (non-hydrogen) atoms. The quantitative estimate of drug-likeness (QED) is 0.679. The van der Waals surface area contributed by atoms with Gasteiger partial charge in [0.1, 0.15) is 10.6 Å². The lowest BCUT2D eigenvalue weighted by atomic mass is 10.2. The van der Waals surface area contributed by atoms with Crippen LogP contribution in [0, 0.1) is 0 Å². The Balaban J connectivity index is 2.02. The molecule has 114 valence electrons. The van der Waals surface area contributed by atoms with Gasteiger partial charge in [-0.3, -0.25) is 4.79 Å². The first-order valence-electron chi connectivity index (χ1n) is 6.43. The van der Waals surface area contributed by atoms with Crippen molar-refractivity contribution in [1.29, 1.82) is 0 Å². The van der Waals surface area contributed by atoms with Crippen molar-refractivity contribution in [3.8, 4) is 5.75 Å². The fraction of sp³-hybridized carbons (Fsp3) is 0.125. The molecule has 0 aliphatic carbocycles. The highest BCUT2D eigenvalue weighted by Crippen LogP contribution is 2.23. The predicted octanol–water partition coefficient (Wildman–Crippen LogP) is 3.20. The summed E-state index contributed by atoms with van der Waals surface area (Å²) in [6, 6.07) is 8.97. The van der Waals surface area contributed by atoms with Gasteiger partial charge in [-0.05, 0) is 35.2 Å². The molecule has 1 aromatic carbocycles. The lowest BCUT2D eigenvalue weighted by molar-refractivity contribution is -0.111. The minimum Gasteiger partial charge on any atom is -0.497 e. The number of ether oxygens (including phenoxy) is 2. The number of hydrogen-bond donors (Lipinski definition) is 1. The number of rotatable bonds is 5. The molecule has 0 aliphatic heterocycles. The second-order valence-electron chi connectivity index (χ2n) is 4.25. The van der Waals surface area contributed by atoms with Crippen LogP contribution in [0.4, 0.5) is 5.69 Å². The number of benzene rings is 1. The molecule has 1 aromatic heterocycles. The van der Waals surface area contributed by atoms with Crippen LogP contribution in [0.5, 0.6) is 5.75 Å². The molecule has 0 fully saturated rings. The molecule has 0 spiro atoms. The van der Waals surface area contributed by atoms with Gasteiger partial charge in [-0.1, -0.05) is 12.1 Å². The van der Waals surface area contributed by atoms with Crippen molar-refractivity contribution in [2.24, 2.45) is 0 Å². The number of methoxy groups -OCH3 is 2. The summed E-state index contributed by atoms with van der Waals surface area (Å²) < 4.78 is 9.72. The van der Waals surface area contributed by atoms with E-state index in [-0.39, 0.29) is 5.91 Å². The van der Waals surface area contributed by atoms with Gasteiger partial charge in [0.15, 0.2) is 0 Å². The second-order valence-corrected chi connectivity index (χ2v) is 5.17. The number of esters is 1. The SMILES string of the molecule is COC(=O)c1sccc1NC(=O)/C=C\c1ccc(OC)cc1. The Hall–Kier alpha value is -2.60. The lowest BCUT2D eigenvalue weighted by Crippen LogP contribution is -2.10. The number of carbonyl (C=O) groups is 2. The molecule has 0 radical (unpaired) electrons. The third-order valence-corrected chi connectivity index (χ3v) is 3.73. The summed E-state index contributed by atoms with van der Waals surface area (Å²) in [6.07, 6.45) is 3.08. The minimum absolute atomic E-state index is 0.320. The normalized spacial score (nSPS) is 10.5. The van der Waals surface area contributed by atoms with Crippen LogP contribution in [0.3, 0.4) is 0 Å². The van der Waals surface area contributed by atoms with E-state index in [1.165, 1.54) is 24.5 Å². The number of carbonyl (C=O) groups excluding carboxylic acids is 2. The zero-order valence-electron chi connectivity index (χ0n) is 12.2. The first-order chi connectivity index (χ1) is 10.6. The van der Waals surface area contributed by atoms with Gasteiger partial charge in [-0.2, -0.15) is 0 Å². The summed E-state index contributed by atoms with van der Waals surface area (Å²) in [7, 11) is 2.90. The van der Waals surface area contributed by atoms with Crippen LogP contribution in [-0.2, 0) is 9.53 Å². The maximum absolute atomic E-state index is 11.9. The second kappa shape index (κ2) is 7.42. The molecule has 6 heteroatoms. The van der Waals surface area contributed by atoms with Crippen molar-refractivity contribution in [1.82, 2.24) is 0 Å². The van der Waals surface area contributed by atoms with Gasteiger partial charge in [0.25, 0.3) is 0 Å². The summed E-state index contributed by atoms with van der Waals surface area (Å²) in [5.74, 6) is -0.0357. The zero-order valence-corrected chi connectivity index (χ0v) is 13.0. The van der Waals surface area contributed by atoms with E-state index in [0.717, 1.165) is 11.3 Å². The molecular formula is C16H15NO4S. The van der Waals surface area contributed by atoms with Crippen molar-refractivity contribution >= 4 is 35.0 Å². The summed E-state index contributed by atoms with van der Waals surface area (Å²) in [5.41, 5.74) is 1.32. The van der Waals surface area contributed by atoms with Crippen molar-refractivity contribution < 1.29 is 19.1 Å². The Morgan fingerprint density at radius 1 is 1.14 bits per heavy atom. The molecule has 2 aromatic rings. The van der Waals surface area contributed by atoms with E-state index < -0.39 is 5.97 Å². The van der Waals surface area contributed by atoms with Crippen LogP contribution in [0.15, 0.2) is 41.8 Å². The van der Waals surface area contributed by atoms with Crippen LogP contribution in [0.25, 0.3) is 6.08 Å². The van der Waals surface area contributed by atoms with Gasteiger partial charge in [0, 0.05) is 6.08 Å². The number of thiophene rings is 1. The molecule has 0 bridgehead atoms. The van der Waals surface area contributed by atoms with E-state index in [0.29, 0.717) is 10.6 Å². The van der Waals surface area contributed by atoms with Gasteiger partial charge >= 0.3 is 5.97 Å². The van der Waals surface area contributed by atoms with Crippen molar-refractivity contribution in [2.75, 3.05) is 19.5 Å². The van der Waals surface area contributed by atoms with Crippen LogP contribution in [-0.4, -0.2) is 26.1 Å². The van der Waals surface area contributed by atoms with E-state index in [4.69, 9.17) is 4.74 Å². The highest BCUT2D eigenvalue weighted by atomic mass is 32.1.